The summed E-state index contributed by atoms with van der Waals surface area (Å²) in [6.07, 6.45) is -3.64. The van der Waals surface area contributed by atoms with Crippen LogP contribution in [0.25, 0.3) is 0 Å². The van der Waals surface area contributed by atoms with Crippen LogP contribution in [-0.4, -0.2) is 63.1 Å². The summed E-state index contributed by atoms with van der Waals surface area (Å²) in [5, 5.41) is 30.0. The van der Waals surface area contributed by atoms with Crippen LogP contribution in [0.1, 0.15) is 20.8 Å². The summed E-state index contributed by atoms with van der Waals surface area (Å²) in [4.78, 5) is 33.8. The highest BCUT2D eigenvalue weighted by Gasteiger charge is 2.71. The van der Waals surface area contributed by atoms with Crippen molar-refractivity contribution in [2.75, 3.05) is 6.61 Å². The van der Waals surface area contributed by atoms with Gasteiger partial charge in [0.2, 0.25) is 5.60 Å². The number of hydrogen-bond acceptors (Lipinski definition) is 8. The fraction of sp³-hybridized carbons (Fsp3) is 0.727. The van der Waals surface area contributed by atoms with E-state index in [0.717, 1.165) is 20.8 Å². The maximum Gasteiger partial charge on any atom is 0.302 e. The van der Waals surface area contributed by atoms with Crippen LogP contribution in [0.4, 0.5) is 0 Å². The monoisotopic (exact) mass is 276 g/mol. The van der Waals surface area contributed by atoms with Crippen molar-refractivity contribution < 1.29 is 39.2 Å². The van der Waals surface area contributed by atoms with Crippen LogP contribution in [0.5, 0.6) is 0 Å². The zero-order chi connectivity index (χ0) is 15.0. The van der Waals surface area contributed by atoms with Gasteiger partial charge in [-0.05, 0) is 13.8 Å². The minimum atomic E-state index is -2.80. The standard InChI is InChI=1S/C11H16O8/c1-5(12)10(16)8(4-18-7(3)14)19-9(15)11(10,17)6(2)13/h8-9,15-17H,4H2,1-3H3/t8-,9-,10-,11+/m1/s1. The first kappa shape index (κ1) is 15.7. The molecule has 0 aromatic rings. The average Bonchev–Trinajstić information content (AvgIpc) is 2.49. The SMILES string of the molecule is CC(=O)OC[C@H]1O[C@@H](O)[C@@](O)(C(C)=O)[C@@]1(O)C(C)=O. The number of ether oxygens (including phenoxy) is 2. The molecule has 1 aliphatic heterocycles. The van der Waals surface area contributed by atoms with Crippen molar-refractivity contribution in [1.82, 2.24) is 0 Å². The molecule has 0 aliphatic carbocycles. The van der Waals surface area contributed by atoms with Crippen molar-refractivity contribution in [3.63, 3.8) is 0 Å². The summed E-state index contributed by atoms with van der Waals surface area (Å²) in [6, 6.07) is 0. The highest BCUT2D eigenvalue weighted by Crippen LogP contribution is 2.40. The molecular formula is C11H16O8. The van der Waals surface area contributed by atoms with Crippen molar-refractivity contribution in [3.8, 4) is 0 Å². The lowest BCUT2D eigenvalue weighted by molar-refractivity contribution is -0.197. The van der Waals surface area contributed by atoms with Gasteiger partial charge >= 0.3 is 5.97 Å². The summed E-state index contributed by atoms with van der Waals surface area (Å²) in [5.74, 6) is -2.73. The molecule has 8 nitrogen and oxygen atoms in total. The lowest BCUT2D eigenvalue weighted by Crippen LogP contribution is -2.67. The maximum absolute atomic E-state index is 11.6. The normalized spacial score (nSPS) is 38.0. The van der Waals surface area contributed by atoms with E-state index >= 15 is 0 Å². The molecule has 0 bridgehead atoms. The zero-order valence-corrected chi connectivity index (χ0v) is 10.7. The Hall–Kier alpha value is -1.35. The molecular weight excluding hydrogens is 260 g/mol. The molecule has 0 aromatic carbocycles. The molecule has 4 atom stereocenters. The highest BCUT2D eigenvalue weighted by molar-refractivity contribution is 5.98. The van der Waals surface area contributed by atoms with Crippen molar-refractivity contribution in [1.29, 1.82) is 0 Å². The number of esters is 1. The Morgan fingerprint density at radius 2 is 1.58 bits per heavy atom. The van der Waals surface area contributed by atoms with Crippen molar-refractivity contribution in [2.24, 2.45) is 0 Å². The minimum absolute atomic E-state index is 0.585. The maximum atomic E-state index is 11.6. The van der Waals surface area contributed by atoms with Crippen LogP contribution in [-0.2, 0) is 23.9 Å². The van der Waals surface area contributed by atoms with Crippen LogP contribution < -0.4 is 0 Å². The third-order valence-electron chi connectivity index (χ3n) is 3.21. The Labute approximate surface area is 108 Å². The molecule has 0 aromatic heterocycles. The smallest absolute Gasteiger partial charge is 0.302 e. The second-order valence-corrected chi connectivity index (χ2v) is 4.42. The van der Waals surface area contributed by atoms with Crippen LogP contribution >= 0.6 is 0 Å². The summed E-state index contributed by atoms with van der Waals surface area (Å²) in [7, 11) is 0. The molecule has 1 rings (SSSR count). The van der Waals surface area contributed by atoms with E-state index in [0.29, 0.717) is 0 Å². The quantitative estimate of drug-likeness (QED) is 0.498. The number of Topliss-reactive ketones (excluding diaryl/α,β-unsaturated/α-hetero) is 2. The number of aliphatic hydroxyl groups is 3. The van der Waals surface area contributed by atoms with Crippen molar-refractivity contribution >= 4 is 17.5 Å². The molecule has 0 spiro atoms. The Bertz CT molecular complexity index is 419. The van der Waals surface area contributed by atoms with Crippen LogP contribution in [0.3, 0.4) is 0 Å². The van der Waals surface area contributed by atoms with Crippen molar-refractivity contribution in [3.05, 3.63) is 0 Å². The molecule has 108 valence electrons. The topological polar surface area (TPSA) is 130 Å². The number of hydrogen-bond donors (Lipinski definition) is 3. The Balaban J connectivity index is 3.19. The van der Waals surface area contributed by atoms with E-state index < -0.39 is 47.7 Å². The molecule has 1 saturated heterocycles. The number of rotatable bonds is 4. The van der Waals surface area contributed by atoms with Gasteiger partial charge in [0.15, 0.2) is 23.5 Å². The molecule has 1 heterocycles. The molecule has 3 N–H and O–H groups in total. The van der Waals surface area contributed by atoms with Gasteiger partial charge in [0, 0.05) is 6.92 Å². The minimum Gasteiger partial charge on any atom is -0.463 e. The van der Waals surface area contributed by atoms with Gasteiger partial charge in [-0.3, -0.25) is 14.4 Å². The first-order valence-electron chi connectivity index (χ1n) is 5.52. The van der Waals surface area contributed by atoms with Crippen molar-refractivity contribution in [2.45, 2.75) is 44.4 Å². The van der Waals surface area contributed by atoms with E-state index in [1.807, 2.05) is 0 Å². The van der Waals surface area contributed by atoms with Gasteiger partial charge in [-0.2, -0.15) is 0 Å². The number of carbonyl (C=O) groups is 3. The molecule has 1 aliphatic rings. The van der Waals surface area contributed by atoms with Gasteiger partial charge in [0.1, 0.15) is 12.7 Å². The largest absolute Gasteiger partial charge is 0.463 e. The third kappa shape index (κ3) is 2.16. The Morgan fingerprint density at radius 1 is 1.11 bits per heavy atom. The number of ketones is 2. The van der Waals surface area contributed by atoms with E-state index in [2.05, 4.69) is 4.74 Å². The van der Waals surface area contributed by atoms with E-state index in [9.17, 15) is 29.7 Å². The fourth-order valence-corrected chi connectivity index (χ4v) is 2.08. The second-order valence-electron chi connectivity index (χ2n) is 4.42. The highest BCUT2D eigenvalue weighted by atomic mass is 16.7. The van der Waals surface area contributed by atoms with Gasteiger partial charge < -0.3 is 24.8 Å². The molecule has 8 heteroatoms. The van der Waals surface area contributed by atoms with E-state index in [-0.39, 0.29) is 0 Å². The van der Waals surface area contributed by atoms with E-state index in [1.165, 1.54) is 0 Å². The molecule has 19 heavy (non-hydrogen) atoms. The first-order valence-corrected chi connectivity index (χ1v) is 5.52. The third-order valence-corrected chi connectivity index (χ3v) is 3.21. The first-order chi connectivity index (χ1) is 8.58. The van der Waals surface area contributed by atoms with Crippen LogP contribution in [0.15, 0.2) is 0 Å². The lowest BCUT2D eigenvalue weighted by atomic mass is 9.75. The summed E-state index contributed by atoms with van der Waals surface area (Å²) < 4.78 is 9.39. The van der Waals surface area contributed by atoms with E-state index in [1.54, 1.807) is 0 Å². The number of aliphatic hydroxyl groups excluding tert-OH is 1. The number of carbonyl (C=O) groups excluding carboxylic acids is 3. The summed E-state index contributed by atoms with van der Waals surface area (Å²) >= 11 is 0. The summed E-state index contributed by atoms with van der Waals surface area (Å²) in [5.41, 5.74) is -5.49. The van der Waals surface area contributed by atoms with Gasteiger partial charge in [-0.1, -0.05) is 0 Å². The second kappa shape index (κ2) is 4.97. The van der Waals surface area contributed by atoms with Gasteiger partial charge in [-0.15, -0.1) is 0 Å². The summed E-state index contributed by atoms with van der Waals surface area (Å²) in [6.45, 7) is 2.33. The van der Waals surface area contributed by atoms with Gasteiger partial charge in [0.05, 0.1) is 0 Å². The molecule has 0 unspecified atom stereocenters. The zero-order valence-electron chi connectivity index (χ0n) is 10.7. The van der Waals surface area contributed by atoms with E-state index in [4.69, 9.17) is 4.74 Å². The predicted molar refractivity (Wildman–Crippen MR) is 58.8 cm³/mol. The van der Waals surface area contributed by atoms with Gasteiger partial charge in [-0.25, -0.2) is 0 Å². The van der Waals surface area contributed by atoms with Crippen LogP contribution in [0, 0.1) is 0 Å². The molecule has 0 radical (unpaired) electrons. The lowest BCUT2D eigenvalue weighted by Gasteiger charge is -2.35. The molecule has 1 fully saturated rings. The molecule has 0 saturated carbocycles. The van der Waals surface area contributed by atoms with Crippen LogP contribution in [0.2, 0.25) is 0 Å². The molecule has 0 amide bonds. The average molecular weight is 276 g/mol. The predicted octanol–water partition coefficient (Wildman–Crippen LogP) is -2.09. The van der Waals surface area contributed by atoms with Gasteiger partial charge in [0.25, 0.3) is 0 Å². The fourth-order valence-electron chi connectivity index (χ4n) is 2.08. The Morgan fingerprint density at radius 3 is 1.95 bits per heavy atom. The Kier molecular flexibility index (Phi) is 4.11.